The maximum Gasteiger partial charge on any atom is 0.341 e. The molecular formula is C18H15NO4. The monoisotopic (exact) mass is 309 g/mol. The van der Waals surface area contributed by atoms with E-state index in [0.717, 1.165) is 16.8 Å². The van der Waals surface area contributed by atoms with Crippen LogP contribution in [0.5, 0.6) is 5.75 Å². The Morgan fingerprint density at radius 1 is 1.22 bits per heavy atom. The van der Waals surface area contributed by atoms with Gasteiger partial charge in [-0.3, -0.25) is 4.79 Å². The molecule has 0 fully saturated rings. The van der Waals surface area contributed by atoms with E-state index in [-0.39, 0.29) is 5.91 Å². The highest BCUT2D eigenvalue weighted by Crippen LogP contribution is 2.36. The van der Waals surface area contributed by atoms with Crippen LogP contribution < -0.4 is 9.64 Å². The summed E-state index contributed by atoms with van der Waals surface area (Å²) >= 11 is 0. The number of hydrogen-bond donors (Lipinski definition) is 1. The van der Waals surface area contributed by atoms with Crippen molar-refractivity contribution in [2.24, 2.45) is 0 Å². The van der Waals surface area contributed by atoms with Gasteiger partial charge in [0.25, 0.3) is 5.91 Å². The Labute approximate surface area is 133 Å². The van der Waals surface area contributed by atoms with Crippen molar-refractivity contribution >= 4 is 29.2 Å². The van der Waals surface area contributed by atoms with E-state index in [1.165, 1.54) is 0 Å². The molecule has 2 aromatic rings. The number of carboxylic acids is 1. The average Bonchev–Trinajstić information content (AvgIpc) is 2.79. The molecule has 116 valence electrons. The third-order valence-electron chi connectivity index (χ3n) is 3.62. The number of carbonyl (C=O) groups excluding carboxylic acids is 1. The molecule has 2 aromatic carbocycles. The lowest BCUT2D eigenvalue weighted by molar-refractivity contribution is -0.139. The average molecular weight is 309 g/mol. The Balaban J connectivity index is 1.94. The molecule has 0 unspecified atom stereocenters. The molecule has 0 radical (unpaired) electrons. The van der Waals surface area contributed by atoms with Crippen LogP contribution in [-0.2, 0) is 9.59 Å². The molecule has 1 aliphatic rings. The first-order valence-corrected chi connectivity index (χ1v) is 7.10. The van der Waals surface area contributed by atoms with Gasteiger partial charge in [0.2, 0.25) is 0 Å². The summed E-state index contributed by atoms with van der Waals surface area (Å²) in [5.74, 6) is -0.646. The molecular weight excluding hydrogens is 294 g/mol. The topological polar surface area (TPSA) is 66.8 Å². The summed E-state index contributed by atoms with van der Waals surface area (Å²) in [6, 6.07) is 14.6. The molecule has 23 heavy (non-hydrogen) atoms. The minimum absolute atomic E-state index is 0.0666. The summed E-state index contributed by atoms with van der Waals surface area (Å²) in [6.45, 7) is -0.398. The smallest absolute Gasteiger partial charge is 0.341 e. The number of fused-ring (bicyclic) bond motifs is 1. The molecule has 0 saturated carbocycles. The van der Waals surface area contributed by atoms with Crippen LogP contribution in [0.15, 0.2) is 48.5 Å². The van der Waals surface area contributed by atoms with Gasteiger partial charge in [0.1, 0.15) is 5.75 Å². The van der Waals surface area contributed by atoms with Gasteiger partial charge in [-0.1, -0.05) is 30.3 Å². The van der Waals surface area contributed by atoms with Crippen molar-refractivity contribution in [1.82, 2.24) is 0 Å². The Morgan fingerprint density at radius 2 is 2.00 bits per heavy atom. The largest absolute Gasteiger partial charge is 0.482 e. The number of benzene rings is 2. The lowest BCUT2D eigenvalue weighted by Crippen LogP contribution is -2.20. The normalized spacial score (nSPS) is 14.9. The van der Waals surface area contributed by atoms with Crippen LogP contribution in [0.25, 0.3) is 11.6 Å². The maximum absolute atomic E-state index is 12.4. The SMILES string of the molecule is CN1C(=O)/C(=C/c2cccc(OCC(=O)O)c2)c2ccccc21. The number of carbonyl (C=O) groups is 2. The van der Waals surface area contributed by atoms with Gasteiger partial charge in [-0.15, -0.1) is 0 Å². The molecule has 5 nitrogen and oxygen atoms in total. The zero-order valence-corrected chi connectivity index (χ0v) is 12.5. The summed E-state index contributed by atoms with van der Waals surface area (Å²) in [4.78, 5) is 24.6. The van der Waals surface area contributed by atoms with Crippen molar-refractivity contribution in [3.05, 3.63) is 59.7 Å². The number of anilines is 1. The van der Waals surface area contributed by atoms with E-state index in [1.54, 1.807) is 36.2 Å². The number of ether oxygens (including phenoxy) is 1. The Morgan fingerprint density at radius 3 is 2.78 bits per heavy atom. The molecule has 0 aromatic heterocycles. The van der Waals surface area contributed by atoms with E-state index in [1.807, 2.05) is 30.3 Å². The number of aliphatic carboxylic acids is 1. The predicted molar refractivity (Wildman–Crippen MR) is 87.3 cm³/mol. The zero-order chi connectivity index (χ0) is 16.4. The molecule has 0 atom stereocenters. The Bertz CT molecular complexity index is 810. The minimum Gasteiger partial charge on any atom is -0.482 e. The van der Waals surface area contributed by atoms with E-state index < -0.39 is 12.6 Å². The quantitative estimate of drug-likeness (QED) is 0.882. The number of likely N-dealkylation sites (N-methyl/N-ethyl adjacent to an activating group) is 1. The lowest BCUT2D eigenvalue weighted by Gasteiger charge is -2.08. The van der Waals surface area contributed by atoms with Crippen LogP contribution in [0.1, 0.15) is 11.1 Å². The molecule has 0 spiro atoms. The predicted octanol–water partition coefficient (Wildman–Crippen LogP) is 2.67. The van der Waals surface area contributed by atoms with E-state index in [9.17, 15) is 9.59 Å². The summed E-state index contributed by atoms with van der Waals surface area (Å²) in [5.41, 5.74) is 3.15. The summed E-state index contributed by atoms with van der Waals surface area (Å²) < 4.78 is 5.17. The van der Waals surface area contributed by atoms with Crippen LogP contribution in [0.4, 0.5) is 5.69 Å². The molecule has 0 saturated heterocycles. The van der Waals surface area contributed by atoms with Crippen LogP contribution in [0, 0.1) is 0 Å². The second kappa shape index (κ2) is 5.96. The molecule has 0 aliphatic carbocycles. The van der Waals surface area contributed by atoms with Crippen molar-refractivity contribution in [1.29, 1.82) is 0 Å². The highest BCUT2D eigenvalue weighted by atomic mass is 16.5. The van der Waals surface area contributed by atoms with Crippen LogP contribution in [0.2, 0.25) is 0 Å². The van der Waals surface area contributed by atoms with E-state index >= 15 is 0 Å². The Hall–Kier alpha value is -3.08. The zero-order valence-electron chi connectivity index (χ0n) is 12.5. The lowest BCUT2D eigenvalue weighted by atomic mass is 10.0. The number of amides is 1. The fourth-order valence-electron chi connectivity index (χ4n) is 2.54. The summed E-state index contributed by atoms with van der Waals surface area (Å²) in [7, 11) is 1.74. The second-order valence-electron chi connectivity index (χ2n) is 5.19. The molecule has 3 rings (SSSR count). The van der Waals surface area contributed by atoms with Gasteiger partial charge in [0, 0.05) is 18.2 Å². The fraction of sp³-hybridized carbons (Fsp3) is 0.111. The van der Waals surface area contributed by atoms with Crippen molar-refractivity contribution in [2.45, 2.75) is 0 Å². The summed E-state index contributed by atoms with van der Waals surface area (Å²) in [6.07, 6.45) is 1.79. The molecule has 1 amide bonds. The second-order valence-corrected chi connectivity index (χ2v) is 5.19. The molecule has 0 bridgehead atoms. The van der Waals surface area contributed by atoms with Crippen LogP contribution in [0.3, 0.4) is 0 Å². The first kappa shape index (κ1) is 14.8. The van der Waals surface area contributed by atoms with Gasteiger partial charge in [-0.2, -0.15) is 0 Å². The van der Waals surface area contributed by atoms with Crippen molar-refractivity contribution in [3.8, 4) is 5.75 Å². The molecule has 1 aliphatic heterocycles. The highest BCUT2D eigenvalue weighted by molar-refractivity contribution is 6.35. The van der Waals surface area contributed by atoms with Crippen molar-refractivity contribution < 1.29 is 19.4 Å². The molecule has 5 heteroatoms. The first-order valence-electron chi connectivity index (χ1n) is 7.10. The first-order chi connectivity index (χ1) is 11.1. The van der Waals surface area contributed by atoms with Crippen LogP contribution >= 0.6 is 0 Å². The highest BCUT2D eigenvalue weighted by Gasteiger charge is 2.28. The standard InChI is InChI=1S/C18H15NO4/c1-19-16-8-3-2-7-14(16)15(18(19)22)10-12-5-4-6-13(9-12)23-11-17(20)21/h2-10H,11H2,1H3,(H,20,21)/b15-10+. The number of hydrogen-bond acceptors (Lipinski definition) is 3. The minimum atomic E-state index is -1.03. The van der Waals surface area contributed by atoms with E-state index in [4.69, 9.17) is 9.84 Å². The number of carboxylic acid groups (broad SMARTS) is 1. The Kier molecular flexibility index (Phi) is 3.85. The molecule has 1 heterocycles. The van der Waals surface area contributed by atoms with Gasteiger partial charge >= 0.3 is 5.97 Å². The van der Waals surface area contributed by atoms with Gasteiger partial charge in [-0.05, 0) is 29.8 Å². The van der Waals surface area contributed by atoms with Gasteiger partial charge < -0.3 is 14.7 Å². The van der Waals surface area contributed by atoms with Crippen molar-refractivity contribution in [3.63, 3.8) is 0 Å². The van der Waals surface area contributed by atoms with Crippen LogP contribution in [-0.4, -0.2) is 30.6 Å². The van der Waals surface area contributed by atoms with Gasteiger partial charge in [-0.25, -0.2) is 4.79 Å². The maximum atomic E-state index is 12.4. The summed E-state index contributed by atoms with van der Waals surface area (Å²) in [5, 5.41) is 8.66. The van der Waals surface area contributed by atoms with Crippen molar-refractivity contribution in [2.75, 3.05) is 18.6 Å². The fourth-order valence-corrected chi connectivity index (χ4v) is 2.54. The third-order valence-corrected chi connectivity index (χ3v) is 3.62. The van der Waals surface area contributed by atoms with E-state index in [2.05, 4.69) is 0 Å². The van der Waals surface area contributed by atoms with Gasteiger partial charge in [0.05, 0.1) is 5.69 Å². The van der Waals surface area contributed by atoms with Gasteiger partial charge in [0.15, 0.2) is 6.61 Å². The number of para-hydroxylation sites is 1. The van der Waals surface area contributed by atoms with E-state index in [0.29, 0.717) is 11.3 Å². The molecule has 1 N–H and O–H groups in total. The number of rotatable bonds is 4. The third kappa shape index (κ3) is 2.94. The number of nitrogens with zero attached hydrogens (tertiary/aromatic N) is 1.